The predicted octanol–water partition coefficient (Wildman–Crippen LogP) is -0.817. The van der Waals surface area contributed by atoms with Crippen LogP contribution in [0.4, 0.5) is 0 Å². The smallest absolute Gasteiger partial charge is 0.254 e. The molecule has 3 fully saturated rings. The molecule has 6 heteroatoms. The Hall–Kier alpha value is -1.14. The number of likely N-dealkylation sites (tertiary alicyclic amines) is 2. The van der Waals surface area contributed by atoms with Gasteiger partial charge >= 0.3 is 0 Å². The molecule has 0 radical (unpaired) electrons. The first kappa shape index (κ1) is 12.9. The van der Waals surface area contributed by atoms with Crippen LogP contribution in [0.2, 0.25) is 0 Å². The van der Waals surface area contributed by atoms with Gasteiger partial charge in [-0.1, -0.05) is 0 Å². The van der Waals surface area contributed by atoms with E-state index < -0.39 is 0 Å². The number of hydrogen-bond acceptors (Lipinski definition) is 4. The van der Waals surface area contributed by atoms with Crippen LogP contribution in [-0.4, -0.2) is 66.5 Å². The molecule has 3 atom stereocenters. The van der Waals surface area contributed by atoms with Crippen molar-refractivity contribution in [1.82, 2.24) is 9.80 Å². The zero-order valence-corrected chi connectivity index (χ0v) is 11.3. The lowest BCUT2D eigenvalue weighted by Crippen LogP contribution is -2.38. The van der Waals surface area contributed by atoms with Crippen LogP contribution in [0.1, 0.15) is 19.8 Å². The summed E-state index contributed by atoms with van der Waals surface area (Å²) in [6.07, 6.45) is 1.94. The van der Waals surface area contributed by atoms with E-state index >= 15 is 0 Å². The third kappa shape index (κ3) is 2.47. The van der Waals surface area contributed by atoms with E-state index in [1.165, 1.54) is 0 Å². The first-order chi connectivity index (χ1) is 8.99. The Morgan fingerprint density at radius 2 is 2.00 bits per heavy atom. The second-order valence-corrected chi connectivity index (χ2v) is 6.20. The van der Waals surface area contributed by atoms with Crippen LogP contribution in [0.15, 0.2) is 0 Å². The maximum absolute atomic E-state index is 12.1. The van der Waals surface area contributed by atoms with Crippen LogP contribution in [0.25, 0.3) is 0 Å². The average molecular weight is 267 g/mol. The Kier molecular flexibility index (Phi) is 3.02. The van der Waals surface area contributed by atoms with E-state index in [9.17, 15) is 9.59 Å². The quantitative estimate of drug-likeness (QED) is 0.678. The SMILES string of the molecule is C[C@H]1O[C@H]1C(=O)N1CC[C@]2(CCN(CC(N)=O)C2)C1. The molecule has 3 aliphatic heterocycles. The maximum atomic E-state index is 12.1. The molecule has 6 nitrogen and oxygen atoms in total. The standard InChI is InChI=1S/C13H21N3O3/c1-9-11(19-9)12(18)16-5-3-13(8-16)2-4-15(7-13)6-10(14)17/h9,11H,2-8H2,1H3,(H2,14,17)/t9-,11-,13+/m1/s1. The first-order valence-corrected chi connectivity index (χ1v) is 6.94. The molecule has 2 N–H and O–H groups in total. The number of carbonyl (C=O) groups excluding carboxylic acids is 2. The molecule has 1 spiro atoms. The van der Waals surface area contributed by atoms with Crippen LogP contribution in [-0.2, 0) is 14.3 Å². The highest BCUT2D eigenvalue weighted by Crippen LogP contribution is 2.40. The molecule has 3 aliphatic rings. The predicted molar refractivity (Wildman–Crippen MR) is 68.2 cm³/mol. The van der Waals surface area contributed by atoms with Gasteiger partial charge in [0.05, 0.1) is 12.6 Å². The van der Waals surface area contributed by atoms with Gasteiger partial charge in [-0.2, -0.15) is 0 Å². The minimum atomic E-state index is -0.275. The fraction of sp³-hybridized carbons (Fsp3) is 0.846. The van der Waals surface area contributed by atoms with E-state index in [0.717, 1.165) is 39.0 Å². The molecule has 106 valence electrons. The highest BCUT2D eigenvalue weighted by molar-refractivity contribution is 5.84. The number of ether oxygens (including phenoxy) is 1. The van der Waals surface area contributed by atoms with E-state index in [2.05, 4.69) is 4.90 Å². The molecule has 0 aliphatic carbocycles. The van der Waals surface area contributed by atoms with Crippen molar-refractivity contribution in [2.24, 2.45) is 11.1 Å². The minimum Gasteiger partial charge on any atom is -0.369 e. The van der Waals surface area contributed by atoms with Gasteiger partial charge in [-0.25, -0.2) is 0 Å². The highest BCUT2D eigenvalue weighted by Gasteiger charge is 2.49. The molecule has 0 unspecified atom stereocenters. The van der Waals surface area contributed by atoms with Crippen molar-refractivity contribution < 1.29 is 14.3 Å². The fourth-order valence-electron chi connectivity index (χ4n) is 3.46. The number of amides is 2. The molecule has 0 bridgehead atoms. The molecule has 3 heterocycles. The van der Waals surface area contributed by atoms with Crippen LogP contribution in [0.3, 0.4) is 0 Å². The zero-order chi connectivity index (χ0) is 13.6. The lowest BCUT2D eigenvalue weighted by Gasteiger charge is -2.24. The van der Waals surface area contributed by atoms with Gasteiger partial charge in [0.2, 0.25) is 5.91 Å². The van der Waals surface area contributed by atoms with Gasteiger partial charge in [0, 0.05) is 25.0 Å². The summed E-state index contributed by atoms with van der Waals surface area (Å²) in [4.78, 5) is 27.1. The molecule has 0 saturated carbocycles. The minimum absolute atomic E-state index is 0.0824. The summed E-state index contributed by atoms with van der Waals surface area (Å²) in [6, 6.07) is 0. The van der Waals surface area contributed by atoms with Crippen molar-refractivity contribution in [3.05, 3.63) is 0 Å². The van der Waals surface area contributed by atoms with Gasteiger partial charge in [0.25, 0.3) is 5.91 Å². The van der Waals surface area contributed by atoms with Gasteiger partial charge in [-0.3, -0.25) is 14.5 Å². The van der Waals surface area contributed by atoms with E-state index in [1.54, 1.807) is 0 Å². The number of nitrogens with two attached hydrogens (primary N) is 1. The second-order valence-electron chi connectivity index (χ2n) is 6.20. The number of hydrogen-bond donors (Lipinski definition) is 1. The van der Waals surface area contributed by atoms with Crippen molar-refractivity contribution in [3.8, 4) is 0 Å². The second kappa shape index (κ2) is 4.45. The van der Waals surface area contributed by atoms with Crippen LogP contribution < -0.4 is 5.73 Å². The van der Waals surface area contributed by atoms with Gasteiger partial charge < -0.3 is 15.4 Å². The lowest BCUT2D eigenvalue weighted by atomic mass is 9.86. The number of primary amides is 1. The Bertz CT molecular complexity index is 414. The molecule has 0 aromatic rings. The number of carbonyl (C=O) groups is 2. The van der Waals surface area contributed by atoms with Crippen LogP contribution in [0, 0.1) is 5.41 Å². The van der Waals surface area contributed by atoms with E-state index in [-0.39, 0.29) is 29.4 Å². The van der Waals surface area contributed by atoms with Crippen molar-refractivity contribution >= 4 is 11.8 Å². The third-order valence-corrected chi connectivity index (χ3v) is 4.60. The Labute approximate surface area is 112 Å². The summed E-state index contributed by atoms with van der Waals surface area (Å²) in [5, 5.41) is 0. The molecule has 3 saturated heterocycles. The van der Waals surface area contributed by atoms with Gasteiger partial charge in [-0.15, -0.1) is 0 Å². The lowest BCUT2D eigenvalue weighted by molar-refractivity contribution is -0.131. The topological polar surface area (TPSA) is 79.2 Å². The summed E-state index contributed by atoms with van der Waals surface area (Å²) in [7, 11) is 0. The van der Waals surface area contributed by atoms with Crippen molar-refractivity contribution in [2.45, 2.75) is 32.0 Å². The molecule has 19 heavy (non-hydrogen) atoms. The normalized spacial score (nSPS) is 38.1. The highest BCUT2D eigenvalue weighted by atomic mass is 16.6. The summed E-state index contributed by atoms with van der Waals surface area (Å²) in [5.74, 6) is -0.138. The summed E-state index contributed by atoms with van der Waals surface area (Å²) in [5.41, 5.74) is 5.41. The van der Waals surface area contributed by atoms with Gasteiger partial charge in [0.1, 0.15) is 0 Å². The first-order valence-electron chi connectivity index (χ1n) is 6.94. The van der Waals surface area contributed by atoms with E-state index in [4.69, 9.17) is 10.5 Å². The Morgan fingerprint density at radius 1 is 1.32 bits per heavy atom. The van der Waals surface area contributed by atoms with Gasteiger partial charge in [0.15, 0.2) is 6.10 Å². The van der Waals surface area contributed by atoms with E-state index in [0.29, 0.717) is 6.54 Å². The van der Waals surface area contributed by atoms with Gasteiger partial charge in [-0.05, 0) is 26.3 Å². The largest absolute Gasteiger partial charge is 0.369 e. The molecule has 2 amide bonds. The monoisotopic (exact) mass is 267 g/mol. The van der Waals surface area contributed by atoms with E-state index in [1.807, 2.05) is 11.8 Å². The van der Waals surface area contributed by atoms with Crippen molar-refractivity contribution in [1.29, 1.82) is 0 Å². The Morgan fingerprint density at radius 3 is 2.63 bits per heavy atom. The number of rotatable bonds is 3. The van der Waals surface area contributed by atoms with Crippen molar-refractivity contribution in [3.63, 3.8) is 0 Å². The average Bonchev–Trinajstić information content (AvgIpc) is 2.78. The van der Waals surface area contributed by atoms with Crippen LogP contribution in [0.5, 0.6) is 0 Å². The molecule has 0 aromatic carbocycles. The van der Waals surface area contributed by atoms with Crippen molar-refractivity contribution in [2.75, 3.05) is 32.7 Å². The summed E-state index contributed by atoms with van der Waals surface area (Å²) in [6.45, 7) is 5.66. The molecular formula is C13H21N3O3. The zero-order valence-electron chi connectivity index (χ0n) is 11.3. The third-order valence-electron chi connectivity index (χ3n) is 4.60. The number of epoxide rings is 1. The maximum Gasteiger partial charge on any atom is 0.254 e. The van der Waals surface area contributed by atoms with Crippen LogP contribution >= 0.6 is 0 Å². The fourth-order valence-corrected chi connectivity index (χ4v) is 3.46. The Balaban J connectivity index is 1.57. The molecule has 0 aromatic heterocycles. The summed E-state index contributed by atoms with van der Waals surface area (Å²) < 4.78 is 5.25. The molecule has 3 rings (SSSR count). The number of nitrogens with zero attached hydrogens (tertiary/aromatic N) is 2. The molecular weight excluding hydrogens is 246 g/mol. The summed E-state index contributed by atoms with van der Waals surface area (Å²) >= 11 is 0.